The van der Waals surface area contributed by atoms with E-state index in [1.54, 1.807) is 0 Å². The van der Waals surface area contributed by atoms with Crippen molar-refractivity contribution in [1.82, 2.24) is 6.15 Å². The number of unbranched alkanes of at least 4 members (excludes halogenated alkanes) is 8. The van der Waals surface area contributed by atoms with Gasteiger partial charge < -0.3 is 10.9 Å². The van der Waals surface area contributed by atoms with Crippen molar-refractivity contribution < 1.29 is 14.3 Å². The summed E-state index contributed by atoms with van der Waals surface area (Å²) in [4.78, 5) is 21.5. The number of hydrogen-bond acceptors (Lipinski definition) is 4. The third kappa shape index (κ3) is 15.1. The lowest BCUT2D eigenvalue weighted by molar-refractivity contribution is -0.158. The predicted octanol–water partition coefficient (Wildman–Crippen LogP) is 4.16. The van der Waals surface area contributed by atoms with Crippen molar-refractivity contribution in [3.05, 3.63) is 0 Å². The molecule has 0 aliphatic rings. The first-order chi connectivity index (χ1) is 8.16. The molecule has 0 radical (unpaired) electrons. The summed E-state index contributed by atoms with van der Waals surface area (Å²) in [7, 11) is 0. The maximum absolute atomic E-state index is 11.0. The van der Waals surface area contributed by atoms with Crippen LogP contribution < -0.4 is 6.15 Å². The van der Waals surface area contributed by atoms with Crippen LogP contribution in [-0.2, 0) is 14.3 Å². The summed E-state index contributed by atoms with van der Waals surface area (Å²) in [6, 6.07) is 0. The van der Waals surface area contributed by atoms with E-state index in [0.717, 1.165) is 12.8 Å². The number of carbonyl (C=O) groups is 2. The molecule has 0 aliphatic heterocycles. The molecule has 0 spiro atoms. The number of hydrogen-bond donors (Lipinski definition) is 1. The lowest BCUT2D eigenvalue weighted by Gasteiger charge is -2.02. The van der Waals surface area contributed by atoms with Gasteiger partial charge in [0, 0.05) is 13.3 Å². The van der Waals surface area contributed by atoms with Crippen LogP contribution in [0.5, 0.6) is 0 Å². The highest BCUT2D eigenvalue weighted by Crippen LogP contribution is 2.10. The van der Waals surface area contributed by atoms with Gasteiger partial charge in [-0.2, -0.15) is 0 Å². The average molecular weight is 259 g/mol. The van der Waals surface area contributed by atoms with Crippen LogP contribution in [0.2, 0.25) is 0 Å². The van der Waals surface area contributed by atoms with Gasteiger partial charge in [0.15, 0.2) is 0 Å². The third-order valence-corrected chi connectivity index (χ3v) is 2.74. The third-order valence-electron chi connectivity index (χ3n) is 2.74. The Balaban J connectivity index is 0. The lowest BCUT2D eigenvalue weighted by Crippen LogP contribution is -2.08. The molecule has 3 N–H and O–H groups in total. The Labute approximate surface area is 111 Å². The average Bonchev–Trinajstić information content (AvgIpc) is 2.26. The fourth-order valence-electron chi connectivity index (χ4n) is 1.79. The second-order valence-corrected chi connectivity index (χ2v) is 4.54. The highest BCUT2D eigenvalue weighted by molar-refractivity contribution is 5.83. The number of ether oxygens (including phenoxy) is 1. The maximum Gasteiger partial charge on any atom is 0.313 e. The van der Waals surface area contributed by atoms with Crippen LogP contribution in [0.25, 0.3) is 0 Å². The monoisotopic (exact) mass is 259 g/mol. The molecule has 0 aromatic rings. The quantitative estimate of drug-likeness (QED) is 0.363. The van der Waals surface area contributed by atoms with Crippen LogP contribution in [0, 0.1) is 0 Å². The molecule has 0 aliphatic carbocycles. The summed E-state index contributed by atoms with van der Waals surface area (Å²) in [5.41, 5.74) is 0. The zero-order valence-electron chi connectivity index (χ0n) is 12.0. The zero-order valence-corrected chi connectivity index (χ0v) is 12.0. The maximum atomic E-state index is 11.0. The molecule has 0 unspecified atom stereocenters. The van der Waals surface area contributed by atoms with E-state index in [2.05, 4.69) is 11.7 Å². The first-order valence-corrected chi connectivity index (χ1v) is 6.88. The Morgan fingerprint density at radius 1 is 0.833 bits per heavy atom. The highest BCUT2D eigenvalue weighted by Gasteiger charge is 2.04. The molecule has 18 heavy (non-hydrogen) atoms. The van der Waals surface area contributed by atoms with Gasteiger partial charge in [-0.05, 0) is 6.42 Å². The van der Waals surface area contributed by atoms with Gasteiger partial charge in [0.05, 0.1) is 0 Å². The van der Waals surface area contributed by atoms with E-state index < -0.39 is 5.97 Å². The summed E-state index contributed by atoms with van der Waals surface area (Å²) in [5.74, 6) is -0.897. The molecule has 0 aromatic carbocycles. The van der Waals surface area contributed by atoms with Gasteiger partial charge in [-0.15, -0.1) is 0 Å². The van der Waals surface area contributed by atoms with E-state index in [1.165, 1.54) is 51.9 Å². The summed E-state index contributed by atoms with van der Waals surface area (Å²) >= 11 is 0. The summed E-state index contributed by atoms with van der Waals surface area (Å²) in [6.45, 7) is 3.48. The van der Waals surface area contributed by atoms with E-state index in [9.17, 15) is 9.59 Å². The van der Waals surface area contributed by atoms with Crippen molar-refractivity contribution in [3.63, 3.8) is 0 Å². The van der Waals surface area contributed by atoms with E-state index in [0.29, 0.717) is 6.42 Å². The standard InChI is InChI=1S/C14H26O3.H3N/c1-3-4-5-6-7-8-9-10-11-12-14(16)17-13(2)15;/h3-12H2,1-2H3;1H3. The first kappa shape index (κ1) is 19.4. The van der Waals surface area contributed by atoms with Crippen molar-refractivity contribution in [2.24, 2.45) is 0 Å². The van der Waals surface area contributed by atoms with Gasteiger partial charge in [0.2, 0.25) is 0 Å². The predicted molar refractivity (Wildman–Crippen MR) is 73.6 cm³/mol. The topological polar surface area (TPSA) is 78.4 Å². The van der Waals surface area contributed by atoms with E-state index in [4.69, 9.17) is 0 Å². The molecule has 108 valence electrons. The molecular weight excluding hydrogens is 230 g/mol. The molecule has 4 heteroatoms. The molecule has 0 amide bonds. The molecule has 0 bridgehead atoms. The molecule has 0 atom stereocenters. The SMILES string of the molecule is CCCCCCCCCCCC(=O)OC(C)=O.N. The minimum absolute atomic E-state index is 0. The second-order valence-electron chi connectivity index (χ2n) is 4.54. The smallest absolute Gasteiger partial charge is 0.313 e. The molecule has 0 fully saturated rings. The fraction of sp³-hybridized carbons (Fsp3) is 0.857. The summed E-state index contributed by atoms with van der Waals surface area (Å²) < 4.78 is 4.44. The van der Waals surface area contributed by atoms with Gasteiger partial charge in [-0.3, -0.25) is 9.59 Å². The minimum atomic E-state index is -0.508. The Bertz CT molecular complexity index is 217. The summed E-state index contributed by atoms with van der Waals surface area (Å²) in [6.07, 6.45) is 11.3. The van der Waals surface area contributed by atoms with Gasteiger partial charge in [0.25, 0.3) is 0 Å². The Kier molecular flexibility index (Phi) is 15.3. The number of rotatable bonds is 10. The van der Waals surface area contributed by atoms with Crippen LogP contribution >= 0.6 is 0 Å². The van der Waals surface area contributed by atoms with Crippen LogP contribution in [0.15, 0.2) is 0 Å². The van der Waals surface area contributed by atoms with Gasteiger partial charge in [-0.1, -0.05) is 58.3 Å². The van der Waals surface area contributed by atoms with E-state index in [1.807, 2.05) is 0 Å². The van der Waals surface area contributed by atoms with E-state index in [-0.39, 0.29) is 12.1 Å². The molecular formula is C14H29NO3. The molecule has 0 saturated carbocycles. The number of carbonyl (C=O) groups excluding carboxylic acids is 2. The van der Waals surface area contributed by atoms with Crippen molar-refractivity contribution in [2.45, 2.75) is 78.1 Å². The Hall–Kier alpha value is -0.900. The lowest BCUT2D eigenvalue weighted by atomic mass is 10.1. The zero-order chi connectivity index (χ0) is 12.9. The Morgan fingerprint density at radius 3 is 1.72 bits per heavy atom. The van der Waals surface area contributed by atoms with Gasteiger partial charge >= 0.3 is 11.9 Å². The van der Waals surface area contributed by atoms with Crippen molar-refractivity contribution in [2.75, 3.05) is 0 Å². The van der Waals surface area contributed by atoms with Crippen molar-refractivity contribution in [3.8, 4) is 0 Å². The second kappa shape index (κ2) is 14.2. The summed E-state index contributed by atoms with van der Waals surface area (Å²) in [5, 5.41) is 0. The van der Waals surface area contributed by atoms with Crippen LogP contribution in [0.3, 0.4) is 0 Å². The number of esters is 2. The van der Waals surface area contributed by atoms with Crippen LogP contribution in [-0.4, -0.2) is 11.9 Å². The highest BCUT2D eigenvalue weighted by atomic mass is 16.6. The first-order valence-electron chi connectivity index (χ1n) is 6.88. The van der Waals surface area contributed by atoms with Crippen molar-refractivity contribution >= 4 is 11.9 Å². The largest absolute Gasteiger partial charge is 0.393 e. The normalized spacial score (nSPS) is 9.67. The van der Waals surface area contributed by atoms with E-state index >= 15 is 0 Å². The molecule has 0 saturated heterocycles. The minimum Gasteiger partial charge on any atom is -0.393 e. The molecule has 0 rings (SSSR count). The molecule has 0 heterocycles. The fourth-order valence-corrected chi connectivity index (χ4v) is 1.79. The van der Waals surface area contributed by atoms with Crippen LogP contribution in [0.4, 0.5) is 0 Å². The van der Waals surface area contributed by atoms with Crippen molar-refractivity contribution in [1.29, 1.82) is 0 Å². The van der Waals surface area contributed by atoms with Crippen LogP contribution in [0.1, 0.15) is 78.1 Å². The molecule has 4 nitrogen and oxygen atoms in total. The van der Waals surface area contributed by atoms with Gasteiger partial charge in [0.1, 0.15) is 0 Å². The molecule has 0 aromatic heterocycles. The Morgan fingerprint density at radius 2 is 1.28 bits per heavy atom. The van der Waals surface area contributed by atoms with Gasteiger partial charge in [-0.25, -0.2) is 0 Å².